The molecular weight excluding hydrogens is 553 g/mol. The van der Waals surface area contributed by atoms with E-state index in [9.17, 15) is 23.1 Å². The van der Waals surface area contributed by atoms with Gasteiger partial charge in [-0.2, -0.15) is 0 Å². The highest BCUT2D eigenvalue weighted by molar-refractivity contribution is 8.72. The van der Waals surface area contributed by atoms with E-state index in [0.717, 1.165) is 16.2 Å². The molecule has 1 N–H and O–H groups in total. The van der Waals surface area contributed by atoms with E-state index < -0.39 is 26.6 Å². The lowest BCUT2D eigenvalue weighted by Gasteiger charge is -2.22. The van der Waals surface area contributed by atoms with Crippen molar-refractivity contribution in [2.24, 2.45) is 0 Å². The molecule has 0 saturated carbocycles. The van der Waals surface area contributed by atoms with Gasteiger partial charge in [0.2, 0.25) is 14.0 Å². The number of nitrogens with zero attached hydrogens (tertiary/aromatic N) is 3. The lowest BCUT2D eigenvalue weighted by Crippen LogP contribution is -2.29. The number of halogens is 2. The summed E-state index contributed by atoms with van der Waals surface area (Å²) in [6.45, 7) is 1.75. The van der Waals surface area contributed by atoms with Crippen LogP contribution < -0.4 is 4.90 Å². The highest BCUT2D eigenvalue weighted by Gasteiger charge is 2.48. The Hall–Kier alpha value is -2.44. The first-order chi connectivity index (χ1) is 16.6. The van der Waals surface area contributed by atoms with Crippen molar-refractivity contribution < 1.29 is 23.1 Å². The molecule has 1 fully saturated rings. The van der Waals surface area contributed by atoms with Crippen LogP contribution in [0.4, 0.5) is 5.13 Å². The summed E-state index contributed by atoms with van der Waals surface area (Å²) in [6, 6.07) is 11.6. The van der Waals surface area contributed by atoms with Crippen molar-refractivity contribution in [2.45, 2.75) is 23.7 Å². The predicted octanol–water partition coefficient (Wildman–Crippen LogP) is 5.30. The molecule has 0 bridgehead atoms. The minimum Gasteiger partial charge on any atom is -0.507 e. The van der Waals surface area contributed by atoms with Gasteiger partial charge in [0.1, 0.15) is 5.76 Å². The number of carbonyl (C=O) groups excluding carboxylic acids is 2. The van der Waals surface area contributed by atoms with Gasteiger partial charge in [0, 0.05) is 26.4 Å². The number of aliphatic hydroxyl groups excluding tert-OH is 1. The van der Waals surface area contributed by atoms with Crippen LogP contribution in [0.15, 0.2) is 58.4 Å². The number of anilines is 1. The van der Waals surface area contributed by atoms with Crippen molar-refractivity contribution in [1.82, 2.24) is 10.2 Å². The molecule has 2 aromatic carbocycles. The molecule has 1 amide bonds. The van der Waals surface area contributed by atoms with Crippen molar-refractivity contribution in [1.29, 1.82) is 0 Å². The second-order valence-corrected chi connectivity index (χ2v) is 13.6. The number of aliphatic hydroxyl groups is 1. The lowest BCUT2D eigenvalue weighted by atomic mass is 9.95. The monoisotopic (exact) mass is 569 g/mol. The molecule has 1 aliphatic rings. The van der Waals surface area contributed by atoms with Crippen molar-refractivity contribution in [3.05, 3.63) is 75.3 Å². The van der Waals surface area contributed by atoms with E-state index in [1.165, 1.54) is 12.1 Å². The van der Waals surface area contributed by atoms with Crippen LogP contribution in [0.5, 0.6) is 0 Å². The van der Waals surface area contributed by atoms with Gasteiger partial charge in [-0.1, -0.05) is 53.6 Å². The maximum absolute atomic E-state index is 13.2. The van der Waals surface area contributed by atoms with E-state index >= 15 is 0 Å². The van der Waals surface area contributed by atoms with Crippen LogP contribution in [-0.4, -0.2) is 41.2 Å². The van der Waals surface area contributed by atoms with Crippen molar-refractivity contribution >= 4 is 76.8 Å². The largest absolute Gasteiger partial charge is 0.507 e. The number of hydrogen-bond donors (Lipinski definition) is 1. The van der Waals surface area contributed by atoms with Gasteiger partial charge < -0.3 is 5.11 Å². The first kappa shape index (κ1) is 25.6. The molecule has 0 spiro atoms. The average molecular weight is 571 g/mol. The standard InChI is InChI=1S/C22H17Cl2N3O5S3/c1-2-11-35(31,32)34-22-26-25-21(33-22)27-17(12-3-7-14(23)8-4-12)16(19(29)20(27)30)18(28)13-5-9-15(24)10-6-13/h3-10,17,28H,2,11H2,1H3/b18-16+. The molecule has 2 heterocycles. The topological polar surface area (TPSA) is 118 Å². The molecule has 1 aliphatic heterocycles. The Kier molecular flexibility index (Phi) is 7.53. The first-order valence-corrected chi connectivity index (χ1v) is 14.7. The third kappa shape index (κ3) is 5.39. The molecule has 4 rings (SSSR count). The van der Waals surface area contributed by atoms with Crippen LogP contribution in [0.1, 0.15) is 30.5 Å². The van der Waals surface area contributed by atoms with E-state index in [1.54, 1.807) is 43.3 Å². The third-order valence-electron chi connectivity index (χ3n) is 5.00. The average Bonchev–Trinajstić information content (AvgIpc) is 3.36. The maximum atomic E-state index is 13.2. The Morgan fingerprint density at radius 3 is 2.26 bits per heavy atom. The Morgan fingerprint density at radius 1 is 1.06 bits per heavy atom. The fourth-order valence-electron chi connectivity index (χ4n) is 3.49. The van der Waals surface area contributed by atoms with Gasteiger partial charge in [-0.15, -0.1) is 10.2 Å². The molecule has 1 atom stereocenters. The molecule has 1 saturated heterocycles. The molecule has 13 heteroatoms. The zero-order valence-electron chi connectivity index (χ0n) is 18.0. The van der Waals surface area contributed by atoms with Crippen molar-refractivity contribution in [2.75, 3.05) is 10.7 Å². The number of benzene rings is 2. The molecule has 0 radical (unpaired) electrons. The van der Waals surface area contributed by atoms with E-state index in [0.29, 0.717) is 38.4 Å². The Balaban J connectivity index is 1.83. The Morgan fingerprint density at radius 2 is 1.66 bits per heavy atom. The van der Waals surface area contributed by atoms with Crippen LogP contribution in [0.2, 0.25) is 10.0 Å². The number of amides is 1. The fraction of sp³-hybridized carbons (Fsp3) is 0.182. The maximum Gasteiger partial charge on any atom is 0.301 e. The van der Waals surface area contributed by atoms with Gasteiger partial charge >= 0.3 is 5.91 Å². The SMILES string of the molecule is CCCS(=O)(=O)Sc1nnc(N2C(=O)C(=O)/C(=C(/O)c3ccc(Cl)cc3)C2c2ccc(Cl)cc2)s1. The summed E-state index contributed by atoms with van der Waals surface area (Å²) in [5, 5.41) is 19.9. The van der Waals surface area contributed by atoms with E-state index in [4.69, 9.17) is 23.2 Å². The van der Waals surface area contributed by atoms with Gasteiger partial charge in [0.05, 0.1) is 17.4 Å². The summed E-state index contributed by atoms with van der Waals surface area (Å²) in [5.41, 5.74) is 0.639. The Labute approximate surface area is 218 Å². The highest BCUT2D eigenvalue weighted by atomic mass is 35.5. The van der Waals surface area contributed by atoms with Crippen LogP contribution in [0, 0.1) is 0 Å². The minimum absolute atomic E-state index is 0.0244. The van der Waals surface area contributed by atoms with Crippen molar-refractivity contribution in [3.63, 3.8) is 0 Å². The summed E-state index contributed by atoms with van der Waals surface area (Å²) in [5.74, 6) is -2.26. The van der Waals surface area contributed by atoms with Crippen LogP contribution >= 0.6 is 45.3 Å². The molecule has 8 nitrogen and oxygen atoms in total. The highest BCUT2D eigenvalue weighted by Crippen LogP contribution is 2.44. The van der Waals surface area contributed by atoms with Gasteiger partial charge in [0.15, 0.2) is 4.34 Å². The molecule has 182 valence electrons. The Bertz CT molecular complexity index is 1420. The molecule has 35 heavy (non-hydrogen) atoms. The quantitative estimate of drug-likeness (QED) is 0.134. The first-order valence-electron chi connectivity index (χ1n) is 10.2. The third-order valence-corrected chi connectivity index (χ3v) is 10.2. The van der Waals surface area contributed by atoms with Gasteiger partial charge in [-0.3, -0.25) is 14.5 Å². The number of rotatable bonds is 7. The number of aromatic nitrogens is 2. The zero-order valence-corrected chi connectivity index (χ0v) is 22.0. The summed E-state index contributed by atoms with van der Waals surface area (Å²) in [6.07, 6.45) is 0.441. The normalized spacial score (nSPS) is 17.8. The van der Waals surface area contributed by atoms with Gasteiger partial charge in [-0.05, 0) is 48.4 Å². The second kappa shape index (κ2) is 10.3. The van der Waals surface area contributed by atoms with Gasteiger partial charge in [-0.25, -0.2) is 8.42 Å². The molecule has 3 aromatic rings. The summed E-state index contributed by atoms with van der Waals surface area (Å²) in [4.78, 5) is 27.4. The minimum atomic E-state index is -3.47. The summed E-state index contributed by atoms with van der Waals surface area (Å²) >= 11 is 12.8. The number of ketones is 1. The smallest absolute Gasteiger partial charge is 0.301 e. The number of hydrogen-bond acceptors (Lipinski definition) is 9. The van der Waals surface area contributed by atoms with Gasteiger partial charge in [0.25, 0.3) is 5.78 Å². The molecule has 0 aliphatic carbocycles. The second-order valence-electron chi connectivity index (χ2n) is 7.42. The van der Waals surface area contributed by atoms with Crippen LogP contribution in [-0.2, 0) is 18.5 Å². The van der Waals surface area contributed by atoms with Crippen LogP contribution in [0.25, 0.3) is 5.76 Å². The van der Waals surface area contributed by atoms with Crippen molar-refractivity contribution in [3.8, 4) is 0 Å². The lowest BCUT2D eigenvalue weighted by molar-refractivity contribution is -0.132. The molecular formula is C22H17Cl2N3O5S3. The predicted molar refractivity (Wildman–Crippen MR) is 138 cm³/mol. The summed E-state index contributed by atoms with van der Waals surface area (Å²) < 4.78 is 24.5. The summed E-state index contributed by atoms with van der Waals surface area (Å²) in [7, 11) is -2.91. The van der Waals surface area contributed by atoms with E-state index in [-0.39, 0.29) is 26.6 Å². The zero-order chi connectivity index (χ0) is 25.3. The fourth-order valence-corrected chi connectivity index (χ4v) is 8.32. The van der Waals surface area contributed by atoms with E-state index in [1.807, 2.05) is 0 Å². The number of carbonyl (C=O) groups is 2. The van der Waals surface area contributed by atoms with Crippen LogP contribution in [0.3, 0.4) is 0 Å². The molecule has 1 unspecified atom stereocenters. The molecule has 1 aromatic heterocycles. The number of Topliss-reactive ketones (excluding diaryl/α,β-unsaturated/α-hetero) is 1. The van der Waals surface area contributed by atoms with E-state index in [2.05, 4.69) is 10.2 Å².